The molecule has 0 aliphatic heterocycles. The van der Waals surface area contributed by atoms with Crippen molar-refractivity contribution >= 4 is 28.4 Å². The van der Waals surface area contributed by atoms with Crippen molar-refractivity contribution in [2.24, 2.45) is 5.73 Å². The second kappa shape index (κ2) is 4.57. The number of hydrogen-bond acceptors (Lipinski definition) is 3. The van der Waals surface area contributed by atoms with Crippen molar-refractivity contribution in [1.82, 2.24) is 14.5 Å². The number of para-hydroxylation sites is 1. The lowest BCUT2D eigenvalue weighted by molar-refractivity contribution is 0.100. The van der Waals surface area contributed by atoms with Gasteiger partial charge in [0, 0.05) is 11.6 Å². The highest BCUT2D eigenvalue weighted by Crippen LogP contribution is 2.25. The maximum absolute atomic E-state index is 13.9. The van der Waals surface area contributed by atoms with Crippen molar-refractivity contribution in [3.63, 3.8) is 0 Å². The van der Waals surface area contributed by atoms with Crippen LogP contribution in [-0.4, -0.2) is 20.4 Å². The Morgan fingerprint density at radius 2 is 2.10 bits per heavy atom. The molecule has 5 nitrogen and oxygen atoms in total. The van der Waals surface area contributed by atoms with Gasteiger partial charge in [0.05, 0.1) is 17.3 Å². The highest BCUT2D eigenvalue weighted by Gasteiger charge is 2.16. The van der Waals surface area contributed by atoms with Gasteiger partial charge in [0.2, 0.25) is 5.28 Å². The first-order valence-corrected chi connectivity index (χ1v) is 6.04. The minimum absolute atomic E-state index is 0.0336. The Labute approximate surface area is 117 Å². The number of carbonyl (C=O) groups excluding carboxylic acids is 1. The van der Waals surface area contributed by atoms with Gasteiger partial charge >= 0.3 is 0 Å². The van der Waals surface area contributed by atoms with E-state index >= 15 is 0 Å². The summed E-state index contributed by atoms with van der Waals surface area (Å²) in [6.07, 6.45) is 2.41. The predicted molar refractivity (Wildman–Crippen MR) is 72.4 cm³/mol. The molecule has 3 aromatic rings. The number of hydrogen-bond donors (Lipinski definition) is 1. The van der Waals surface area contributed by atoms with Gasteiger partial charge in [-0.15, -0.1) is 0 Å². The number of nitrogens with two attached hydrogens (primary N) is 1. The molecule has 0 saturated carbocycles. The van der Waals surface area contributed by atoms with E-state index in [4.69, 9.17) is 17.3 Å². The van der Waals surface area contributed by atoms with Crippen molar-refractivity contribution in [1.29, 1.82) is 0 Å². The third-order valence-electron chi connectivity index (χ3n) is 2.90. The first-order chi connectivity index (χ1) is 9.58. The van der Waals surface area contributed by atoms with Gasteiger partial charge in [0.25, 0.3) is 5.91 Å². The van der Waals surface area contributed by atoms with Gasteiger partial charge in [0.1, 0.15) is 0 Å². The molecule has 0 spiro atoms. The van der Waals surface area contributed by atoms with E-state index in [1.54, 1.807) is 24.3 Å². The Morgan fingerprint density at radius 3 is 2.85 bits per heavy atom. The molecule has 0 bridgehead atoms. The van der Waals surface area contributed by atoms with E-state index in [1.165, 1.54) is 10.8 Å². The van der Waals surface area contributed by atoms with Crippen LogP contribution in [0, 0.1) is 5.82 Å². The molecule has 0 aliphatic rings. The first kappa shape index (κ1) is 12.6. The predicted octanol–water partition coefficient (Wildman–Crippen LogP) is 2.31. The van der Waals surface area contributed by atoms with Gasteiger partial charge in [-0.2, -0.15) is 4.98 Å². The summed E-state index contributed by atoms with van der Waals surface area (Å²) in [5.41, 5.74) is 6.23. The van der Waals surface area contributed by atoms with Gasteiger partial charge in [-0.05, 0) is 17.7 Å². The number of nitrogens with zero attached hydrogens (tertiary/aromatic N) is 3. The van der Waals surface area contributed by atoms with E-state index in [-0.39, 0.29) is 16.7 Å². The lowest BCUT2D eigenvalue weighted by atomic mass is 10.2. The molecule has 0 unspecified atom stereocenters. The molecular weight excluding hydrogens is 283 g/mol. The molecule has 2 N–H and O–H groups in total. The molecule has 3 rings (SSSR count). The average Bonchev–Trinajstić information content (AvgIpc) is 2.81. The Morgan fingerprint density at radius 1 is 1.35 bits per heavy atom. The summed E-state index contributed by atoms with van der Waals surface area (Å²) in [5, 5.41) is 0.536. The number of primary amides is 1. The van der Waals surface area contributed by atoms with Crippen LogP contribution in [0.2, 0.25) is 5.28 Å². The zero-order valence-corrected chi connectivity index (χ0v) is 10.8. The average molecular weight is 291 g/mol. The van der Waals surface area contributed by atoms with Gasteiger partial charge in [-0.25, -0.2) is 9.37 Å². The van der Waals surface area contributed by atoms with Crippen LogP contribution in [0.3, 0.4) is 0 Å². The molecule has 0 aliphatic carbocycles. The topological polar surface area (TPSA) is 73.8 Å². The fourth-order valence-corrected chi connectivity index (χ4v) is 2.19. The smallest absolute Gasteiger partial charge is 0.250 e. The second-order valence-electron chi connectivity index (χ2n) is 4.10. The van der Waals surface area contributed by atoms with E-state index in [2.05, 4.69) is 9.97 Å². The maximum atomic E-state index is 13.9. The van der Waals surface area contributed by atoms with Crippen molar-refractivity contribution in [3.8, 4) is 5.82 Å². The van der Waals surface area contributed by atoms with Crippen LogP contribution in [0.4, 0.5) is 4.39 Å². The number of fused-ring (bicyclic) bond motifs is 1. The third-order valence-corrected chi connectivity index (χ3v) is 3.08. The summed E-state index contributed by atoms with van der Waals surface area (Å²) < 4.78 is 15.3. The summed E-state index contributed by atoms with van der Waals surface area (Å²) in [5.74, 6) is -1.28. The van der Waals surface area contributed by atoms with E-state index in [0.29, 0.717) is 10.9 Å². The van der Waals surface area contributed by atoms with Crippen LogP contribution < -0.4 is 5.73 Å². The monoisotopic (exact) mass is 290 g/mol. The Bertz CT molecular complexity index is 830. The quantitative estimate of drug-likeness (QED) is 0.736. The molecule has 7 heteroatoms. The minimum atomic E-state index is -0.647. The van der Waals surface area contributed by atoms with Crippen LogP contribution in [0.5, 0.6) is 0 Å². The highest BCUT2D eigenvalue weighted by molar-refractivity contribution is 6.28. The second-order valence-corrected chi connectivity index (χ2v) is 4.44. The Kier molecular flexibility index (Phi) is 2.87. The lowest BCUT2D eigenvalue weighted by Crippen LogP contribution is -2.10. The molecule has 100 valence electrons. The molecule has 0 fully saturated rings. The molecule has 2 aromatic heterocycles. The molecule has 1 amide bonds. The lowest BCUT2D eigenvalue weighted by Gasteiger charge is -2.05. The largest absolute Gasteiger partial charge is 0.366 e. The summed E-state index contributed by atoms with van der Waals surface area (Å²) >= 11 is 5.69. The molecule has 0 atom stereocenters. The third kappa shape index (κ3) is 1.90. The molecule has 2 heterocycles. The van der Waals surface area contributed by atoms with Gasteiger partial charge in [-0.3, -0.25) is 9.36 Å². The maximum Gasteiger partial charge on any atom is 0.250 e. The molecule has 0 radical (unpaired) electrons. The van der Waals surface area contributed by atoms with Crippen LogP contribution in [0.15, 0.2) is 36.7 Å². The summed E-state index contributed by atoms with van der Waals surface area (Å²) in [6.45, 7) is 0. The van der Waals surface area contributed by atoms with Gasteiger partial charge in [0.15, 0.2) is 11.6 Å². The Balaban J connectivity index is 2.37. The standard InChI is InChI=1S/C13H8ClFN4O/c14-13-17-5-9(15)12(18-13)19-6-8(11(16)20)7-3-1-2-4-10(7)19/h1-6H,(H2,16,20). The number of aromatic nitrogens is 3. The van der Waals surface area contributed by atoms with Crippen molar-refractivity contribution in [2.75, 3.05) is 0 Å². The minimum Gasteiger partial charge on any atom is -0.366 e. The fraction of sp³-hybridized carbons (Fsp3) is 0. The number of benzene rings is 1. The first-order valence-electron chi connectivity index (χ1n) is 5.66. The van der Waals surface area contributed by atoms with Gasteiger partial charge < -0.3 is 5.73 Å². The van der Waals surface area contributed by atoms with Crippen LogP contribution in [-0.2, 0) is 0 Å². The van der Waals surface area contributed by atoms with Crippen molar-refractivity contribution < 1.29 is 9.18 Å². The summed E-state index contributed by atoms with van der Waals surface area (Å²) in [7, 11) is 0. The fourth-order valence-electron chi connectivity index (χ4n) is 2.06. The SMILES string of the molecule is NC(=O)c1cn(-c2nc(Cl)ncc2F)c2ccccc12. The highest BCUT2D eigenvalue weighted by atomic mass is 35.5. The van der Waals surface area contributed by atoms with E-state index in [0.717, 1.165) is 6.20 Å². The zero-order valence-electron chi connectivity index (χ0n) is 10.0. The number of carbonyl (C=O) groups is 1. The van der Waals surface area contributed by atoms with Crippen LogP contribution in [0.1, 0.15) is 10.4 Å². The zero-order chi connectivity index (χ0) is 14.3. The van der Waals surface area contributed by atoms with Crippen LogP contribution in [0.25, 0.3) is 16.7 Å². The molecule has 20 heavy (non-hydrogen) atoms. The Hall–Kier alpha value is -2.47. The number of amides is 1. The summed E-state index contributed by atoms with van der Waals surface area (Å²) in [4.78, 5) is 18.9. The van der Waals surface area contributed by atoms with E-state index in [9.17, 15) is 9.18 Å². The van der Waals surface area contributed by atoms with Crippen molar-refractivity contribution in [2.45, 2.75) is 0 Å². The molecule has 1 aromatic carbocycles. The number of rotatable bonds is 2. The van der Waals surface area contributed by atoms with Gasteiger partial charge in [-0.1, -0.05) is 18.2 Å². The summed E-state index contributed by atoms with van der Waals surface area (Å²) in [6, 6.07) is 7.00. The van der Waals surface area contributed by atoms with Crippen LogP contribution >= 0.6 is 11.6 Å². The molecule has 0 saturated heterocycles. The number of halogens is 2. The van der Waals surface area contributed by atoms with E-state index < -0.39 is 11.7 Å². The van der Waals surface area contributed by atoms with Crippen molar-refractivity contribution in [3.05, 3.63) is 53.3 Å². The molecular formula is C13H8ClFN4O. The normalized spacial score (nSPS) is 10.9. The van der Waals surface area contributed by atoms with E-state index in [1.807, 2.05) is 0 Å².